The molecule has 0 saturated heterocycles. The first kappa shape index (κ1) is 35.6. The number of carbonyl (C=O) groups is 5. The van der Waals surface area contributed by atoms with Gasteiger partial charge in [-0.2, -0.15) is 4.98 Å². The fourth-order valence-electron chi connectivity index (χ4n) is 6.33. The predicted molar refractivity (Wildman–Crippen MR) is 189 cm³/mol. The first-order valence-corrected chi connectivity index (χ1v) is 17.0. The first-order chi connectivity index (χ1) is 25.0. The van der Waals surface area contributed by atoms with E-state index in [1.54, 1.807) is 30.3 Å². The number of ether oxygens (including phenoxy) is 1. The molecule has 270 valence electrons. The second-order valence-corrected chi connectivity index (χ2v) is 13.0. The normalized spacial score (nSPS) is 14.8. The minimum absolute atomic E-state index is 0.0408. The number of hydrogen-bond acceptors (Lipinski definition) is 14. The van der Waals surface area contributed by atoms with E-state index < -0.39 is 29.4 Å². The maximum Gasteiger partial charge on any atom is 0.339 e. The Morgan fingerprint density at radius 2 is 1.83 bits per heavy atom. The Labute approximate surface area is 298 Å². The number of hydrogen-bond donors (Lipinski definition) is 4. The minimum atomic E-state index is -1.07. The molecule has 2 aliphatic rings. The minimum Gasteiger partial charge on any atom is -0.451 e. The number of aryl methyl sites for hydroxylation is 1. The Balaban J connectivity index is 0.967. The third-order valence-corrected chi connectivity index (χ3v) is 9.01. The van der Waals surface area contributed by atoms with E-state index in [2.05, 4.69) is 36.1 Å². The van der Waals surface area contributed by atoms with Gasteiger partial charge < -0.3 is 35.6 Å². The Morgan fingerprint density at radius 1 is 1.02 bits per heavy atom. The number of fused-ring (bicyclic) bond motifs is 2. The number of aldehydes is 1. The number of nitrogens with two attached hydrogens (primary N) is 1. The number of anilines is 4. The highest BCUT2D eigenvalue weighted by atomic mass is 16.6. The molecule has 0 spiro atoms. The third kappa shape index (κ3) is 7.17. The summed E-state index contributed by atoms with van der Waals surface area (Å²) in [6.07, 6.45) is 6.19. The number of nitrogens with one attached hydrogen (secondary N) is 3. The van der Waals surface area contributed by atoms with Crippen LogP contribution in [0.25, 0.3) is 11.5 Å². The number of aromatic nitrogens is 4. The molecule has 0 radical (unpaired) electrons. The SMILES string of the molecule is CNC(=O)C(CCC=O)N1C(=O)c2cccc(NCCCCCCc3nnc(-c4cnc(Nc5ccc6c(c5)C(C)(C)OC6=O)nc4N)o3)c2C1=O. The number of likely N-dealkylation sites (N-methyl/N-ethyl adjacent to an activating group) is 1. The van der Waals surface area contributed by atoms with Crippen molar-refractivity contribution in [3.8, 4) is 11.5 Å². The molecular formula is C36H39N9O7. The summed E-state index contributed by atoms with van der Waals surface area (Å²) >= 11 is 0. The van der Waals surface area contributed by atoms with Gasteiger partial charge in [-0.15, -0.1) is 10.2 Å². The number of nitrogens with zero attached hydrogens (tertiary/aromatic N) is 5. The van der Waals surface area contributed by atoms with Crippen LogP contribution >= 0.6 is 0 Å². The van der Waals surface area contributed by atoms with Gasteiger partial charge in [-0.3, -0.25) is 19.3 Å². The topological polar surface area (TPSA) is 225 Å². The monoisotopic (exact) mass is 709 g/mol. The second-order valence-electron chi connectivity index (χ2n) is 13.0. The third-order valence-electron chi connectivity index (χ3n) is 9.01. The summed E-state index contributed by atoms with van der Waals surface area (Å²) < 4.78 is 11.3. The first-order valence-electron chi connectivity index (χ1n) is 17.0. The van der Waals surface area contributed by atoms with Crippen LogP contribution in [0.1, 0.15) is 94.9 Å². The Hall–Kier alpha value is -6.19. The van der Waals surface area contributed by atoms with E-state index in [1.165, 1.54) is 13.2 Å². The molecule has 4 aromatic rings. The fourth-order valence-corrected chi connectivity index (χ4v) is 6.33. The van der Waals surface area contributed by atoms with Crippen LogP contribution < -0.4 is 21.7 Å². The number of nitrogen functional groups attached to an aromatic ring is 1. The summed E-state index contributed by atoms with van der Waals surface area (Å²) in [5.74, 6) is -0.873. The molecule has 0 bridgehead atoms. The lowest BCUT2D eigenvalue weighted by atomic mass is 9.95. The lowest BCUT2D eigenvalue weighted by Gasteiger charge is -2.24. The summed E-state index contributed by atoms with van der Waals surface area (Å²) in [6.45, 7) is 4.22. The molecule has 4 heterocycles. The number of esters is 1. The van der Waals surface area contributed by atoms with Gasteiger partial charge in [-0.05, 0) is 63.4 Å². The van der Waals surface area contributed by atoms with E-state index in [0.29, 0.717) is 47.6 Å². The average molecular weight is 710 g/mol. The van der Waals surface area contributed by atoms with E-state index in [-0.39, 0.29) is 47.6 Å². The standard InChI is InChI=1S/C36H39N9O7/c1-36(2)24-18-20(14-15-21(24)34(50)52-36)41-35-40-19-23(29(37)42-35)31-44-43-27(51-31)13-6-4-5-7-16-39-25-11-8-10-22-28(25)33(49)45(32(22)48)26(12-9-17-46)30(47)38-3/h8,10-11,14-15,17-19,26,39H,4-7,9,12-13,16H2,1-3H3,(H,38,47)(H3,37,40,41,42). The van der Waals surface area contributed by atoms with Gasteiger partial charge in [-0.25, -0.2) is 9.78 Å². The second kappa shape index (κ2) is 15.0. The molecule has 0 saturated carbocycles. The van der Waals surface area contributed by atoms with E-state index in [1.807, 2.05) is 19.9 Å². The molecule has 0 fully saturated rings. The number of rotatable bonds is 16. The van der Waals surface area contributed by atoms with Gasteiger partial charge >= 0.3 is 5.97 Å². The van der Waals surface area contributed by atoms with Gasteiger partial charge in [0.1, 0.15) is 23.7 Å². The molecule has 52 heavy (non-hydrogen) atoms. The van der Waals surface area contributed by atoms with Crippen molar-refractivity contribution in [1.82, 2.24) is 30.4 Å². The van der Waals surface area contributed by atoms with Gasteiger partial charge in [0.15, 0.2) is 0 Å². The molecule has 2 aliphatic heterocycles. The lowest BCUT2D eigenvalue weighted by Crippen LogP contribution is -2.48. The van der Waals surface area contributed by atoms with Crippen LogP contribution in [0.5, 0.6) is 0 Å². The highest BCUT2D eigenvalue weighted by Gasteiger charge is 2.43. The van der Waals surface area contributed by atoms with Crippen molar-refractivity contribution in [2.24, 2.45) is 0 Å². The van der Waals surface area contributed by atoms with Gasteiger partial charge in [0.05, 0.1) is 22.3 Å². The van der Waals surface area contributed by atoms with E-state index in [0.717, 1.165) is 36.1 Å². The van der Waals surface area contributed by atoms with Crippen LogP contribution in [0.4, 0.5) is 23.1 Å². The summed E-state index contributed by atoms with van der Waals surface area (Å²) in [7, 11) is 1.42. The van der Waals surface area contributed by atoms with Crippen LogP contribution in [0, 0.1) is 0 Å². The van der Waals surface area contributed by atoms with Crippen molar-refractivity contribution in [2.45, 2.75) is 70.4 Å². The Morgan fingerprint density at radius 3 is 2.60 bits per heavy atom. The quantitative estimate of drug-likeness (QED) is 0.0555. The average Bonchev–Trinajstić information content (AvgIpc) is 3.76. The molecule has 3 amide bonds. The predicted octanol–water partition coefficient (Wildman–Crippen LogP) is 4.16. The molecule has 1 unspecified atom stereocenters. The zero-order valence-electron chi connectivity index (χ0n) is 29.0. The van der Waals surface area contributed by atoms with Gasteiger partial charge in [0.2, 0.25) is 17.7 Å². The number of unbranched alkanes of at least 4 members (excludes halogenated alkanes) is 3. The fraction of sp³-hybridized carbons (Fsp3) is 0.361. The van der Waals surface area contributed by atoms with Crippen molar-refractivity contribution in [2.75, 3.05) is 30.0 Å². The molecular weight excluding hydrogens is 670 g/mol. The van der Waals surface area contributed by atoms with E-state index >= 15 is 0 Å². The van der Waals surface area contributed by atoms with E-state index in [4.69, 9.17) is 14.9 Å². The Bertz CT molecular complexity index is 2040. The van der Waals surface area contributed by atoms with Crippen LogP contribution in [-0.4, -0.2) is 74.7 Å². The zero-order chi connectivity index (χ0) is 37.0. The van der Waals surface area contributed by atoms with Gasteiger partial charge in [0, 0.05) is 49.6 Å². The van der Waals surface area contributed by atoms with Crippen molar-refractivity contribution in [1.29, 1.82) is 0 Å². The van der Waals surface area contributed by atoms with Crippen molar-refractivity contribution in [3.63, 3.8) is 0 Å². The molecule has 2 aromatic carbocycles. The number of cyclic esters (lactones) is 1. The largest absolute Gasteiger partial charge is 0.451 e. The number of benzene rings is 2. The molecule has 1 atom stereocenters. The van der Waals surface area contributed by atoms with Crippen molar-refractivity contribution in [3.05, 3.63) is 70.7 Å². The van der Waals surface area contributed by atoms with Crippen LogP contribution in [0.2, 0.25) is 0 Å². The maximum absolute atomic E-state index is 13.4. The zero-order valence-corrected chi connectivity index (χ0v) is 29.0. The molecule has 0 aliphatic carbocycles. The lowest BCUT2D eigenvalue weighted by molar-refractivity contribution is -0.124. The maximum atomic E-state index is 13.4. The van der Waals surface area contributed by atoms with Crippen molar-refractivity contribution >= 4 is 53.1 Å². The summed E-state index contributed by atoms with van der Waals surface area (Å²) in [5, 5.41) is 17.1. The number of imide groups is 1. The number of carbonyl (C=O) groups excluding carboxylic acids is 5. The summed E-state index contributed by atoms with van der Waals surface area (Å²) in [4.78, 5) is 71.7. The summed E-state index contributed by atoms with van der Waals surface area (Å²) in [5.41, 5.74) is 8.84. The highest BCUT2D eigenvalue weighted by Crippen LogP contribution is 2.38. The van der Waals surface area contributed by atoms with Crippen molar-refractivity contribution < 1.29 is 33.1 Å². The molecule has 16 nitrogen and oxygen atoms in total. The van der Waals surface area contributed by atoms with Crippen LogP contribution in [0.3, 0.4) is 0 Å². The summed E-state index contributed by atoms with van der Waals surface area (Å²) in [6, 6.07) is 9.20. The van der Waals surface area contributed by atoms with Gasteiger partial charge in [-0.1, -0.05) is 18.9 Å². The molecule has 6 rings (SSSR count). The molecule has 5 N–H and O–H groups in total. The van der Waals surface area contributed by atoms with Crippen LogP contribution in [-0.2, 0) is 26.3 Å². The Kier molecular flexibility index (Phi) is 10.3. The van der Waals surface area contributed by atoms with Gasteiger partial charge in [0.25, 0.3) is 17.7 Å². The van der Waals surface area contributed by atoms with Crippen LogP contribution in [0.15, 0.2) is 47.0 Å². The number of amides is 3. The van der Waals surface area contributed by atoms with E-state index in [9.17, 15) is 24.0 Å². The highest BCUT2D eigenvalue weighted by molar-refractivity contribution is 6.25. The molecule has 2 aromatic heterocycles. The molecule has 16 heteroatoms. The smallest absolute Gasteiger partial charge is 0.339 e.